The lowest BCUT2D eigenvalue weighted by atomic mass is 9.93. The van der Waals surface area contributed by atoms with Crippen LogP contribution in [-0.2, 0) is 13.0 Å². The Hall–Kier alpha value is -1.56. The molecule has 0 spiro atoms. The van der Waals surface area contributed by atoms with Gasteiger partial charge in [-0.2, -0.15) is 5.10 Å². The molecule has 0 aromatic carbocycles. The molecule has 1 amide bonds. The predicted octanol–water partition coefficient (Wildman–Crippen LogP) is 0.520. The Labute approximate surface area is 92.9 Å². The van der Waals surface area contributed by atoms with Crippen molar-refractivity contribution in [2.24, 2.45) is 0 Å². The van der Waals surface area contributed by atoms with E-state index in [2.05, 4.69) is 10.4 Å². The highest BCUT2D eigenvalue weighted by atomic mass is 16.4. The molecular weight excluding hydrogens is 210 g/mol. The van der Waals surface area contributed by atoms with E-state index in [1.54, 1.807) is 10.9 Å². The van der Waals surface area contributed by atoms with Crippen LogP contribution in [0.25, 0.3) is 0 Å². The summed E-state index contributed by atoms with van der Waals surface area (Å²) < 4.78 is 1.75. The van der Waals surface area contributed by atoms with Crippen molar-refractivity contribution in [3.05, 3.63) is 17.5 Å². The van der Waals surface area contributed by atoms with Gasteiger partial charge in [0.05, 0.1) is 25.4 Å². The summed E-state index contributed by atoms with van der Waals surface area (Å²) >= 11 is 0. The predicted molar refractivity (Wildman–Crippen MR) is 56.2 cm³/mol. The number of hydrogen-bond donors (Lipinski definition) is 3. The molecule has 1 aliphatic rings. The molecule has 16 heavy (non-hydrogen) atoms. The minimum absolute atomic E-state index is 0.0468. The second kappa shape index (κ2) is 4.52. The minimum atomic E-state index is -1.01. The van der Waals surface area contributed by atoms with Crippen LogP contribution in [0.4, 0.5) is 4.79 Å². The molecule has 1 atom stereocenters. The van der Waals surface area contributed by atoms with Gasteiger partial charge in [-0.15, -0.1) is 0 Å². The van der Waals surface area contributed by atoms with E-state index < -0.39 is 6.09 Å². The largest absolute Gasteiger partial charge is 0.465 e. The summed E-state index contributed by atoms with van der Waals surface area (Å²) in [6.45, 7) is 0.514. The summed E-state index contributed by atoms with van der Waals surface area (Å²) in [6, 6.07) is -0.159. The lowest BCUT2D eigenvalue weighted by Crippen LogP contribution is -2.29. The SMILES string of the molecule is O=C(O)N[C@@H]1CCCc2c1cnn2CCO. The first kappa shape index (κ1) is 10.9. The minimum Gasteiger partial charge on any atom is -0.465 e. The molecule has 1 aromatic heterocycles. The first-order valence-electron chi connectivity index (χ1n) is 5.37. The topological polar surface area (TPSA) is 87.4 Å². The number of aromatic nitrogens is 2. The molecule has 2 rings (SSSR count). The van der Waals surface area contributed by atoms with E-state index in [-0.39, 0.29) is 12.6 Å². The Bertz CT molecular complexity index is 389. The average Bonchev–Trinajstić information content (AvgIpc) is 2.63. The molecule has 0 bridgehead atoms. The van der Waals surface area contributed by atoms with Gasteiger partial charge >= 0.3 is 6.09 Å². The smallest absolute Gasteiger partial charge is 0.405 e. The Kier molecular flexibility index (Phi) is 3.09. The molecule has 1 aliphatic carbocycles. The maximum absolute atomic E-state index is 10.6. The molecule has 6 heteroatoms. The highest BCUT2D eigenvalue weighted by Crippen LogP contribution is 2.29. The fraction of sp³-hybridized carbons (Fsp3) is 0.600. The molecule has 1 aromatic rings. The fourth-order valence-electron chi connectivity index (χ4n) is 2.21. The number of carboxylic acid groups (broad SMARTS) is 1. The number of nitrogens with one attached hydrogen (secondary N) is 1. The Morgan fingerprint density at radius 3 is 3.19 bits per heavy atom. The van der Waals surface area contributed by atoms with Gasteiger partial charge in [0.25, 0.3) is 0 Å². The Balaban J connectivity index is 2.22. The summed E-state index contributed by atoms with van der Waals surface area (Å²) in [5.41, 5.74) is 1.99. The highest BCUT2D eigenvalue weighted by molar-refractivity contribution is 5.65. The van der Waals surface area contributed by atoms with Crippen LogP contribution in [0.5, 0.6) is 0 Å². The molecule has 0 radical (unpaired) electrons. The van der Waals surface area contributed by atoms with Crippen LogP contribution in [0, 0.1) is 0 Å². The third-order valence-corrected chi connectivity index (χ3v) is 2.87. The number of fused-ring (bicyclic) bond motifs is 1. The second-order valence-corrected chi connectivity index (χ2v) is 3.89. The summed E-state index contributed by atoms with van der Waals surface area (Å²) in [5.74, 6) is 0. The van der Waals surface area contributed by atoms with Crippen LogP contribution >= 0.6 is 0 Å². The van der Waals surface area contributed by atoms with Crippen LogP contribution < -0.4 is 5.32 Å². The summed E-state index contributed by atoms with van der Waals surface area (Å²) in [5, 5.41) is 24.3. The maximum Gasteiger partial charge on any atom is 0.405 e. The molecule has 1 heterocycles. The van der Waals surface area contributed by atoms with Crippen molar-refractivity contribution in [2.45, 2.75) is 31.8 Å². The quantitative estimate of drug-likeness (QED) is 0.699. The molecule has 3 N–H and O–H groups in total. The van der Waals surface area contributed by atoms with Crippen molar-refractivity contribution in [1.29, 1.82) is 0 Å². The van der Waals surface area contributed by atoms with Gasteiger partial charge in [0, 0.05) is 11.3 Å². The summed E-state index contributed by atoms with van der Waals surface area (Å²) in [4.78, 5) is 10.6. The van der Waals surface area contributed by atoms with Gasteiger partial charge in [-0.25, -0.2) is 4.79 Å². The van der Waals surface area contributed by atoms with Crippen molar-refractivity contribution in [3.8, 4) is 0 Å². The standard InChI is InChI=1S/C10H15N3O3/c14-5-4-13-9-3-1-2-8(12-10(15)16)7(9)6-11-13/h6,8,12,14H,1-5H2,(H,15,16)/t8-/m1/s1. The first-order chi connectivity index (χ1) is 7.72. The van der Waals surface area contributed by atoms with Gasteiger partial charge in [0.1, 0.15) is 0 Å². The monoisotopic (exact) mass is 225 g/mol. The molecular formula is C10H15N3O3. The third kappa shape index (κ3) is 2.01. The van der Waals surface area contributed by atoms with Gasteiger partial charge in [0.2, 0.25) is 0 Å². The molecule has 0 saturated carbocycles. The van der Waals surface area contributed by atoms with E-state index in [0.29, 0.717) is 6.54 Å². The third-order valence-electron chi connectivity index (χ3n) is 2.87. The van der Waals surface area contributed by atoms with Crippen molar-refractivity contribution < 1.29 is 15.0 Å². The van der Waals surface area contributed by atoms with Crippen molar-refractivity contribution in [3.63, 3.8) is 0 Å². The van der Waals surface area contributed by atoms with E-state index >= 15 is 0 Å². The van der Waals surface area contributed by atoms with Gasteiger partial charge in [-0.1, -0.05) is 0 Å². The van der Waals surface area contributed by atoms with Crippen molar-refractivity contribution in [2.75, 3.05) is 6.61 Å². The number of rotatable bonds is 3. The number of aliphatic hydroxyl groups excluding tert-OH is 1. The summed E-state index contributed by atoms with van der Waals surface area (Å²) in [7, 11) is 0. The molecule has 0 saturated heterocycles. The number of nitrogens with zero attached hydrogens (tertiary/aromatic N) is 2. The van der Waals surface area contributed by atoms with Crippen molar-refractivity contribution in [1.82, 2.24) is 15.1 Å². The summed E-state index contributed by atoms with van der Waals surface area (Å²) in [6.07, 6.45) is 3.34. The first-order valence-corrected chi connectivity index (χ1v) is 5.37. The zero-order chi connectivity index (χ0) is 11.5. The lowest BCUT2D eigenvalue weighted by Gasteiger charge is -2.22. The Morgan fingerprint density at radius 2 is 2.50 bits per heavy atom. The van der Waals surface area contributed by atoms with E-state index in [0.717, 1.165) is 30.5 Å². The fourth-order valence-corrected chi connectivity index (χ4v) is 2.21. The lowest BCUT2D eigenvalue weighted by molar-refractivity contribution is 0.188. The number of aliphatic hydroxyl groups is 1. The van der Waals surface area contributed by atoms with E-state index in [4.69, 9.17) is 10.2 Å². The Morgan fingerprint density at radius 1 is 1.69 bits per heavy atom. The van der Waals surface area contributed by atoms with Gasteiger partial charge in [-0.05, 0) is 19.3 Å². The second-order valence-electron chi connectivity index (χ2n) is 3.89. The van der Waals surface area contributed by atoms with Gasteiger partial charge < -0.3 is 15.5 Å². The van der Waals surface area contributed by atoms with E-state index in [9.17, 15) is 4.79 Å². The van der Waals surface area contributed by atoms with Crippen LogP contribution in [0.1, 0.15) is 30.1 Å². The normalized spacial score (nSPS) is 19.2. The maximum atomic E-state index is 10.6. The number of amides is 1. The average molecular weight is 225 g/mol. The molecule has 0 unspecified atom stereocenters. The van der Waals surface area contributed by atoms with E-state index in [1.165, 1.54) is 0 Å². The molecule has 0 aliphatic heterocycles. The van der Waals surface area contributed by atoms with Gasteiger partial charge in [-0.3, -0.25) is 4.68 Å². The molecule has 6 nitrogen and oxygen atoms in total. The number of hydrogen-bond acceptors (Lipinski definition) is 3. The number of carbonyl (C=O) groups is 1. The van der Waals surface area contributed by atoms with Crippen LogP contribution in [0.15, 0.2) is 6.20 Å². The molecule has 0 fully saturated rings. The van der Waals surface area contributed by atoms with Crippen LogP contribution in [-0.4, -0.2) is 32.7 Å². The zero-order valence-corrected chi connectivity index (χ0v) is 8.89. The van der Waals surface area contributed by atoms with Crippen molar-refractivity contribution >= 4 is 6.09 Å². The van der Waals surface area contributed by atoms with Gasteiger partial charge in [0.15, 0.2) is 0 Å². The van der Waals surface area contributed by atoms with Crippen LogP contribution in [0.3, 0.4) is 0 Å². The van der Waals surface area contributed by atoms with Crippen LogP contribution in [0.2, 0.25) is 0 Å². The highest BCUT2D eigenvalue weighted by Gasteiger charge is 2.25. The molecule has 88 valence electrons. The van der Waals surface area contributed by atoms with E-state index in [1.807, 2.05) is 0 Å². The zero-order valence-electron chi connectivity index (χ0n) is 8.89.